The molecule has 23 nitrogen and oxygen atoms in total. The molecule has 0 spiro atoms. The predicted octanol–water partition coefficient (Wildman–Crippen LogP) is 21.9. The summed E-state index contributed by atoms with van der Waals surface area (Å²) in [5.41, 5.74) is 17.2. The number of thioether (sulfide) groups is 3. The van der Waals surface area contributed by atoms with E-state index in [9.17, 15) is 32.1 Å². The number of hydrogen-bond donors (Lipinski definition) is 0. The first-order valence-electron chi connectivity index (χ1n) is 47.4. The molecule has 23 rings (SSSR count). The Bertz CT molecular complexity index is 7950. The maximum atomic E-state index is 13.5. The highest BCUT2D eigenvalue weighted by Crippen LogP contribution is 2.51. The standard InChI is InChI=1S/C31H27N2O2.C23H17N3O2S.C19H15N2O3S.C18H16ClN2S2.C17H18N2O2S2.C7H8O3S.HI/c1-3-32-26-19-24(22-11-7-5-8-12-22)15-17-28(26)34-30(32)21-31-33(4-2)27-20-25(16-18-29(27)35-31)23-13-9-6-10-14-23;1-24-18-14-8-9-15-19(18)29-23(24)20-21(27)25(16-10-4-2-5-11-16)26(22(20)28)17-12-6-3-7-13-17;1-2-20-14-10-6-7-11-15(14)23-17(20)12-16-18(22)21(19(25)24-16)13-8-4-3-5-9-13;1-3-21-14-9-8-12(19)10-16(14)23-18(21)11-17-20(2)13-6-4-5-7-15(13)22-17;1-3-18-12-8-5-6-9-13(12)21-15(18)11-7-10-14-16(20)19(4-2)17(22)23-14;1-6-2-4-7(5-3-6)11(8,9)10;/h5-21H,3-4H2,1-2H3;2-15H,1H3;3-12H,2H2,1H3;4-11H,3H2,1-2H3;5-11,15H,3-4H2,1-2H3;2-5H,1H3,(H,8,9,10);1H/q+1;;2*+1;;;/p-2. The summed E-state index contributed by atoms with van der Waals surface area (Å²) in [7, 11) is -0.251. The van der Waals surface area contributed by atoms with Crippen LogP contribution in [0.15, 0.2) is 402 Å². The summed E-state index contributed by atoms with van der Waals surface area (Å²) in [5.74, 6) is 3.02. The van der Waals surface area contributed by atoms with Crippen LogP contribution in [0.5, 0.6) is 11.5 Å². The summed E-state index contributed by atoms with van der Waals surface area (Å²) in [6.07, 6.45) is 11.4. The maximum Gasteiger partial charge on any atom is 0.379 e. The number of hydrazine groups is 1. The molecule has 742 valence electrons. The van der Waals surface area contributed by atoms with Gasteiger partial charge in [0.2, 0.25) is 28.3 Å². The van der Waals surface area contributed by atoms with E-state index in [4.69, 9.17) is 59.1 Å². The Balaban J connectivity index is 0.000000123. The van der Waals surface area contributed by atoms with Gasteiger partial charge in [-0.1, -0.05) is 270 Å². The summed E-state index contributed by atoms with van der Waals surface area (Å²) in [4.78, 5) is 66.3. The van der Waals surface area contributed by atoms with Crippen LogP contribution >= 0.6 is 82.7 Å². The van der Waals surface area contributed by atoms with Crippen molar-refractivity contribution in [3.8, 4) is 33.8 Å². The first-order chi connectivity index (χ1) is 70.9. The van der Waals surface area contributed by atoms with Crippen LogP contribution in [-0.4, -0.2) is 90.4 Å². The fourth-order valence-corrected chi connectivity index (χ4v) is 23.3. The number of thiocarbonyl (C=S) groups is 2. The summed E-state index contributed by atoms with van der Waals surface area (Å²) >= 11 is 23.0. The highest BCUT2D eigenvalue weighted by molar-refractivity contribution is 8.26. The molecule has 0 radical (unpaired) electrons. The van der Waals surface area contributed by atoms with E-state index < -0.39 is 10.1 Å². The van der Waals surface area contributed by atoms with Crippen LogP contribution in [-0.2, 0) is 54.2 Å². The third kappa shape index (κ3) is 22.4. The number of ether oxygens (including phenoxy) is 3. The maximum absolute atomic E-state index is 13.5. The number of thiazole rings is 1. The normalized spacial score (nSPS) is 16.0. The number of para-hydroxylation sites is 9. The van der Waals surface area contributed by atoms with Gasteiger partial charge in [0.15, 0.2) is 12.0 Å². The SMILES string of the molecule is CCN1C(=Cc2oc3ccc(-c4ccccc4)cc3[n+]2CC)Oc2ccc(-c3ccccc3)cc21.CCN1C(=Cc2sc3ccccc3[n+]2C)Sc2cc(Cl)ccc21.CCN1C(=O)C(=CC=CC2Oc3ccccc3N2CC)SC1=S.CC[n+]1c(C=C2OC(=S)N(c3ccccc3)C2=O)oc2ccccc21.CN1C(=C2C(=O)N(c3ccccc3)N(c3ccccc3)C2=O)Sc2ccccc21.Cc1ccc(S(=O)(=O)[O-])cc1.[I-]. The summed E-state index contributed by atoms with van der Waals surface area (Å²) < 4.78 is 69.5. The van der Waals surface area contributed by atoms with E-state index in [1.54, 1.807) is 34.9 Å². The minimum absolute atomic E-state index is 0. The van der Waals surface area contributed by atoms with Crippen molar-refractivity contribution in [2.24, 2.45) is 7.05 Å². The molecule has 10 heterocycles. The van der Waals surface area contributed by atoms with Crippen LogP contribution in [0.3, 0.4) is 0 Å². The van der Waals surface area contributed by atoms with Gasteiger partial charge in [0.25, 0.3) is 38.9 Å². The van der Waals surface area contributed by atoms with E-state index in [1.165, 1.54) is 104 Å². The van der Waals surface area contributed by atoms with Gasteiger partial charge in [0.1, 0.15) is 56.7 Å². The molecule has 1 unspecified atom stereocenters. The van der Waals surface area contributed by atoms with Gasteiger partial charge in [-0.15, -0.1) is 0 Å². The first kappa shape index (κ1) is 104. The van der Waals surface area contributed by atoms with Crippen molar-refractivity contribution in [2.75, 3.05) is 67.7 Å². The van der Waals surface area contributed by atoms with Crippen molar-refractivity contribution in [1.82, 2.24) is 4.90 Å². The second kappa shape index (κ2) is 46.7. The van der Waals surface area contributed by atoms with Gasteiger partial charge in [-0.05, 0) is 216 Å². The van der Waals surface area contributed by atoms with Crippen molar-refractivity contribution < 1.29 is 92.9 Å². The van der Waals surface area contributed by atoms with Crippen LogP contribution in [0.2, 0.25) is 5.02 Å². The lowest BCUT2D eigenvalue weighted by Crippen LogP contribution is -3.00. The molecule has 7 aliphatic rings. The molecule has 0 saturated carbocycles. The van der Waals surface area contributed by atoms with E-state index in [0.717, 1.165) is 104 Å². The zero-order chi connectivity index (χ0) is 102. The summed E-state index contributed by atoms with van der Waals surface area (Å²) in [6, 6.07) is 105. The van der Waals surface area contributed by atoms with Crippen molar-refractivity contribution in [3.63, 3.8) is 0 Å². The third-order valence-electron chi connectivity index (χ3n) is 24.7. The van der Waals surface area contributed by atoms with Crippen molar-refractivity contribution in [1.29, 1.82) is 0 Å². The average molecular weight is 2210 g/mol. The molecule has 16 aromatic rings. The largest absolute Gasteiger partial charge is 1.00 e. The number of aromatic nitrogens is 3. The van der Waals surface area contributed by atoms with Gasteiger partial charge >= 0.3 is 17.7 Å². The third-order valence-corrected chi connectivity index (χ3v) is 30.9. The van der Waals surface area contributed by atoms with E-state index in [1.807, 2.05) is 249 Å². The Morgan fingerprint density at radius 1 is 0.476 bits per heavy atom. The number of anilines is 7. The van der Waals surface area contributed by atoms with Gasteiger partial charge in [0, 0.05) is 66.2 Å². The smallest absolute Gasteiger partial charge is 0.379 e. The molecule has 3 aromatic heterocycles. The quantitative estimate of drug-likeness (QED) is 0.0207. The Morgan fingerprint density at radius 3 is 1.63 bits per heavy atom. The lowest BCUT2D eigenvalue weighted by atomic mass is 10.0. The van der Waals surface area contributed by atoms with Crippen LogP contribution in [0.4, 0.5) is 39.8 Å². The molecule has 7 aliphatic heterocycles. The molecule has 3 saturated heterocycles. The minimum Gasteiger partial charge on any atom is -1.00 e. The second-order valence-electron chi connectivity index (χ2n) is 33.6. The Morgan fingerprint density at radius 2 is 1.03 bits per heavy atom. The molecular weight excluding hydrogens is 2110 g/mol. The number of fused-ring (bicyclic) bond motifs is 7. The fraction of sp³-hybridized carbons (Fsp3) is 0.139. The number of likely N-dealkylation sites (N-methyl/N-ethyl adjacent to an activating group) is 2. The summed E-state index contributed by atoms with van der Waals surface area (Å²) in [5, 5.41) is 6.98. The lowest BCUT2D eigenvalue weighted by molar-refractivity contribution is -0.674. The van der Waals surface area contributed by atoms with Crippen molar-refractivity contribution >= 4 is 216 Å². The van der Waals surface area contributed by atoms with Gasteiger partial charge in [-0.2, -0.15) is 13.7 Å². The number of oxazole rings is 2. The lowest BCUT2D eigenvalue weighted by Gasteiger charge is -2.27. The van der Waals surface area contributed by atoms with E-state index >= 15 is 0 Å². The van der Waals surface area contributed by atoms with Crippen LogP contribution < -0.4 is 81.7 Å². The monoisotopic (exact) mass is 2210 g/mol. The molecule has 4 amide bonds. The highest BCUT2D eigenvalue weighted by atomic mass is 127. The van der Waals surface area contributed by atoms with Gasteiger partial charge in [-0.3, -0.25) is 24.1 Å². The van der Waals surface area contributed by atoms with Gasteiger partial charge in [-0.25, -0.2) is 23.3 Å². The predicted molar refractivity (Wildman–Crippen MR) is 593 cm³/mol. The summed E-state index contributed by atoms with van der Waals surface area (Å²) in [6.45, 7) is 19.0. The zero-order valence-corrected chi connectivity index (χ0v) is 90.0. The van der Waals surface area contributed by atoms with E-state index in [0.29, 0.717) is 50.3 Å². The number of carbonyl (C=O) groups is 4. The highest BCUT2D eigenvalue weighted by Gasteiger charge is 2.48. The van der Waals surface area contributed by atoms with Gasteiger partial charge < -0.3 is 71.2 Å². The van der Waals surface area contributed by atoms with Crippen LogP contribution in [0, 0.1) is 6.92 Å². The van der Waals surface area contributed by atoms with Gasteiger partial charge in [0.05, 0.1) is 71.8 Å². The Labute approximate surface area is 902 Å². The number of hydrogen-bond acceptors (Lipinski definition) is 22. The molecule has 1 atom stereocenters. The molecule has 0 bridgehead atoms. The number of halogens is 2. The number of carbonyl (C=O) groups excluding carboxylic acids is 4. The Hall–Kier alpha value is -14.2. The second-order valence-corrected chi connectivity index (χ2v) is 40.6. The number of amides is 4. The molecule has 147 heavy (non-hydrogen) atoms. The van der Waals surface area contributed by atoms with Crippen LogP contribution in [0.1, 0.15) is 63.9 Å². The number of aryl methyl sites for hydroxylation is 4. The molecule has 32 heteroatoms. The van der Waals surface area contributed by atoms with Crippen LogP contribution in [0.25, 0.3) is 72.9 Å². The average Bonchev–Trinajstić information content (AvgIpc) is 1.58. The zero-order valence-electron chi connectivity index (χ0n) is 81.4. The number of benzene rings is 13. The molecule has 3 fully saturated rings. The molecular formula is C115H100ClIN11O12S7+. The number of rotatable bonds is 17. The van der Waals surface area contributed by atoms with E-state index in [-0.39, 0.29) is 75.2 Å². The molecule has 0 aliphatic carbocycles. The first-order valence-corrected chi connectivity index (χ1v) is 53.3. The Kier molecular flexibility index (Phi) is 33.1. The molecule has 13 aromatic carbocycles. The topological polar surface area (TPSA) is 217 Å². The van der Waals surface area contributed by atoms with Crippen molar-refractivity contribution in [2.45, 2.75) is 82.5 Å². The number of allylic oxidation sites excluding steroid dienone is 2. The fourth-order valence-electron chi connectivity index (χ4n) is 17.5. The molecule has 0 N–H and O–H groups in total. The van der Waals surface area contributed by atoms with E-state index in [2.05, 4.69) is 192 Å². The van der Waals surface area contributed by atoms with Crippen molar-refractivity contribution in [3.05, 3.63) is 405 Å². The minimum atomic E-state index is -4.27. The number of nitrogens with zero attached hydrogens (tertiary/aromatic N) is 11.